The van der Waals surface area contributed by atoms with Crippen LogP contribution in [0.5, 0.6) is 0 Å². The van der Waals surface area contributed by atoms with Gasteiger partial charge in [-0.1, -0.05) is 28.1 Å². The maximum Gasteiger partial charge on any atom is 0.321 e. The van der Waals surface area contributed by atoms with Crippen LogP contribution in [0.2, 0.25) is 0 Å². The van der Waals surface area contributed by atoms with Crippen molar-refractivity contribution in [1.82, 2.24) is 4.90 Å². The number of carboxylic acids is 1. The van der Waals surface area contributed by atoms with Gasteiger partial charge in [0.1, 0.15) is 6.04 Å². The monoisotopic (exact) mass is 297 g/mol. The second-order valence-corrected chi connectivity index (χ2v) is 5.34. The van der Waals surface area contributed by atoms with Crippen molar-refractivity contribution in [2.75, 3.05) is 13.1 Å². The molecule has 1 atom stereocenters. The van der Waals surface area contributed by atoms with E-state index in [0.29, 0.717) is 6.42 Å². The molecule has 0 amide bonds. The van der Waals surface area contributed by atoms with Gasteiger partial charge in [-0.3, -0.25) is 9.69 Å². The first-order chi connectivity index (χ1) is 8.16. The smallest absolute Gasteiger partial charge is 0.321 e. The molecular weight excluding hydrogens is 282 g/mol. The zero-order valence-corrected chi connectivity index (χ0v) is 11.2. The Hall–Kier alpha value is -0.870. The molecule has 2 rings (SSSR count). The fourth-order valence-electron chi connectivity index (χ4n) is 2.27. The zero-order valence-electron chi connectivity index (χ0n) is 9.60. The van der Waals surface area contributed by atoms with Crippen LogP contribution in [-0.2, 0) is 11.2 Å². The van der Waals surface area contributed by atoms with Crippen LogP contribution in [-0.4, -0.2) is 35.1 Å². The second kappa shape index (κ2) is 5.65. The van der Waals surface area contributed by atoms with Gasteiger partial charge in [-0.25, -0.2) is 0 Å². The summed E-state index contributed by atoms with van der Waals surface area (Å²) in [5, 5.41) is 9.30. The number of carbonyl (C=O) groups is 1. The molecule has 0 aliphatic carbocycles. The Morgan fingerprint density at radius 3 is 2.41 bits per heavy atom. The number of rotatable bonds is 4. The van der Waals surface area contributed by atoms with Crippen molar-refractivity contribution in [3.63, 3.8) is 0 Å². The summed E-state index contributed by atoms with van der Waals surface area (Å²) in [6.07, 6.45) is 2.82. The van der Waals surface area contributed by atoms with Crippen molar-refractivity contribution in [2.24, 2.45) is 0 Å². The highest BCUT2D eigenvalue weighted by Gasteiger charge is 2.27. The van der Waals surface area contributed by atoms with E-state index in [1.807, 2.05) is 24.3 Å². The van der Waals surface area contributed by atoms with Crippen LogP contribution in [0.25, 0.3) is 0 Å². The van der Waals surface area contributed by atoms with E-state index in [-0.39, 0.29) is 6.04 Å². The van der Waals surface area contributed by atoms with Gasteiger partial charge in [0.15, 0.2) is 0 Å². The number of halogens is 1. The van der Waals surface area contributed by atoms with Crippen LogP contribution < -0.4 is 0 Å². The van der Waals surface area contributed by atoms with Gasteiger partial charge < -0.3 is 5.11 Å². The lowest BCUT2D eigenvalue weighted by Gasteiger charge is -2.23. The highest BCUT2D eigenvalue weighted by Crippen LogP contribution is 2.17. The number of hydrogen-bond donors (Lipinski definition) is 1. The molecule has 0 bridgehead atoms. The molecule has 1 aromatic rings. The summed E-state index contributed by atoms with van der Waals surface area (Å²) in [6.45, 7) is 1.82. The van der Waals surface area contributed by atoms with E-state index in [1.54, 1.807) is 0 Å². The van der Waals surface area contributed by atoms with Gasteiger partial charge in [-0.15, -0.1) is 0 Å². The molecule has 17 heavy (non-hydrogen) atoms. The molecule has 1 aliphatic rings. The van der Waals surface area contributed by atoms with Crippen molar-refractivity contribution >= 4 is 21.9 Å². The first kappa shape index (κ1) is 12.6. The van der Waals surface area contributed by atoms with Crippen LogP contribution in [0.1, 0.15) is 18.4 Å². The Labute approximate surface area is 110 Å². The molecule has 92 valence electrons. The maximum absolute atomic E-state index is 11.3. The summed E-state index contributed by atoms with van der Waals surface area (Å²) in [4.78, 5) is 13.4. The molecule has 1 heterocycles. The molecule has 1 fully saturated rings. The third-order valence-electron chi connectivity index (χ3n) is 3.21. The van der Waals surface area contributed by atoms with Crippen molar-refractivity contribution < 1.29 is 9.90 Å². The number of hydrogen-bond acceptors (Lipinski definition) is 2. The summed E-state index contributed by atoms with van der Waals surface area (Å²) in [5.74, 6) is -0.713. The standard InChI is InChI=1S/C13H16BrNO2/c14-11-5-3-10(4-6-11)9-12(13(16)17)15-7-1-2-8-15/h3-6,12H,1-2,7-9H2,(H,16,17). The average molecular weight is 298 g/mol. The highest BCUT2D eigenvalue weighted by atomic mass is 79.9. The molecule has 3 nitrogen and oxygen atoms in total. The lowest BCUT2D eigenvalue weighted by molar-refractivity contribution is -0.142. The van der Waals surface area contributed by atoms with E-state index in [4.69, 9.17) is 0 Å². The van der Waals surface area contributed by atoms with Crippen LogP contribution >= 0.6 is 15.9 Å². The lowest BCUT2D eigenvalue weighted by atomic mass is 10.1. The van der Waals surface area contributed by atoms with Gasteiger partial charge in [0.25, 0.3) is 0 Å². The number of likely N-dealkylation sites (tertiary alicyclic amines) is 1. The minimum absolute atomic E-state index is 0.376. The Bertz CT molecular complexity index is 385. The molecule has 1 N–H and O–H groups in total. The lowest BCUT2D eigenvalue weighted by Crippen LogP contribution is -2.40. The van der Waals surface area contributed by atoms with E-state index in [2.05, 4.69) is 20.8 Å². The fraction of sp³-hybridized carbons (Fsp3) is 0.462. The Morgan fingerprint density at radius 1 is 1.29 bits per heavy atom. The largest absolute Gasteiger partial charge is 0.480 e. The minimum Gasteiger partial charge on any atom is -0.480 e. The second-order valence-electron chi connectivity index (χ2n) is 4.43. The Kier molecular flexibility index (Phi) is 4.18. The van der Waals surface area contributed by atoms with E-state index >= 15 is 0 Å². The quantitative estimate of drug-likeness (QED) is 0.928. The number of benzene rings is 1. The first-order valence-corrected chi connectivity index (χ1v) is 6.67. The first-order valence-electron chi connectivity index (χ1n) is 5.88. The van der Waals surface area contributed by atoms with Crippen LogP contribution in [0, 0.1) is 0 Å². The summed E-state index contributed by atoms with van der Waals surface area (Å²) in [7, 11) is 0. The van der Waals surface area contributed by atoms with Crippen molar-refractivity contribution in [1.29, 1.82) is 0 Å². The molecular formula is C13H16BrNO2. The van der Waals surface area contributed by atoms with Crippen LogP contribution in [0.15, 0.2) is 28.7 Å². The number of carboxylic acid groups (broad SMARTS) is 1. The molecule has 4 heteroatoms. The molecule has 1 aliphatic heterocycles. The van der Waals surface area contributed by atoms with Gasteiger partial charge in [0.2, 0.25) is 0 Å². The maximum atomic E-state index is 11.3. The molecule has 0 spiro atoms. The topological polar surface area (TPSA) is 40.5 Å². The van der Waals surface area contributed by atoms with Crippen molar-refractivity contribution in [3.05, 3.63) is 34.3 Å². The van der Waals surface area contributed by atoms with Gasteiger partial charge in [0, 0.05) is 4.47 Å². The number of nitrogens with zero attached hydrogens (tertiary/aromatic N) is 1. The van der Waals surface area contributed by atoms with E-state index in [0.717, 1.165) is 36.0 Å². The molecule has 0 radical (unpaired) electrons. The Morgan fingerprint density at radius 2 is 1.88 bits per heavy atom. The molecule has 0 saturated carbocycles. The molecule has 1 saturated heterocycles. The number of aliphatic carboxylic acids is 1. The molecule has 0 aromatic heterocycles. The fourth-order valence-corrected chi connectivity index (χ4v) is 2.53. The third kappa shape index (κ3) is 3.30. The predicted molar refractivity (Wildman–Crippen MR) is 70.1 cm³/mol. The summed E-state index contributed by atoms with van der Waals surface area (Å²) >= 11 is 3.38. The normalized spacial score (nSPS) is 18.2. The van der Waals surface area contributed by atoms with Gasteiger partial charge in [0.05, 0.1) is 0 Å². The third-order valence-corrected chi connectivity index (χ3v) is 3.74. The van der Waals surface area contributed by atoms with Gasteiger partial charge in [-0.2, -0.15) is 0 Å². The summed E-state index contributed by atoms with van der Waals surface area (Å²) < 4.78 is 1.02. The average Bonchev–Trinajstić information content (AvgIpc) is 2.81. The van der Waals surface area contributed by atoms with E-state index in [9.17, 15) is 9.90 Å². The summed E-state index contributed by atoms with van der Waals surface area (Å²) in [6, 6.07) is 7.50. The van der Waals surface area contributed by atoms with Gasteiger partial charge in [-0.05, 0) is 50.0 Å². The SMILES string of the molecule is O=C(O)C(Cc1ccc(Br)cc1)N1CCCC1. The van der Waals surface area contributed by atoms with Crippen molar-refractivity contribution in [2.45, 2.75) is 25.3 Å². The zero-order chi connectivity index (χ0) is 12.3. The van der Waals surface area contributed by atoms with E-state index in [1.165, 1.54) is 0 Å². The van der Waals surface area contributed by atoms with Crippen molar-refractivity contribution in [3.8, 4) is 0 Å². The summed E-state index contributed by atoms with van der Waals surface area (Å²) in [5.41, 5.74) is 1.08. The van der Waals surface area contributed by atoms with Crippen LogP contribution in [0.3, 0.4) is 0 Å². The highest BCUT2D eigenvalue weighted by molar-refractivity contribution is 9.10. The predicted octanol–water partition coefficient (Wildman–Crippen LogP) is 2.54. The van der Waals surface area contributed by atoms with Crippen LogP contribution in [0.4, 0.5) is 0 Å². The van der Waals surface area contributed by atoms with E-state index < -0.39 is 5.97 Å². The molecule has 1 unspecified atom stereocenters. The molecule has 1 aromatic carbocycles. The van der Waals surface area contributed by atoms with Gasteiger partial charge >= 0.3 is 5.97 Å². The Balaban J connectivity index is 2.06. The minimum atomic E-state index is -0.713.